The standard InChI is InChI=1S/C13H18N4O2S/c18-10(8-17-7-3-1-2-4-11(17)19)14-13-16-15-12(20-13)9-5-6-9/h9H,1-8H2,(H,14,16,18). The lowest BCUT2D eigenvalue weighted by Gasteiger charge is -2.19. The zero-order chi connectivity index (χ0) is 13.9. The normalized spacial score (nSPS) is 19.8. The van der Waals surface area contributed by atoms with Gasteiger partial charge < -0.3 is 4.90 Å². The molecule has 7 heteroatoms. The maximum atomic E-state index is 12.0. The highest BCUT2D eigenvalue weighted by atomic mass is 32.1. The highest BCUT2D eigenvalue weighted by Crippen LogP contribution is 2.41. The average molecular weight is 294 g/mol. The van der Waals surface area contributed by atoms with Gasteiger partial charge in [0.2, 0.25) is 16.9 Å². The van der Waals surface area contributed by atoms with E-state index in [0.29, 0.717) is 24.0 Å². The van der Waals surface area contributed by atoms with E-state index in [4.69, 9.17) is 0 Å². The predicted molar refractivity (Wildman–Crippen MR) is 75.6 cm³/mol. The number of rotatable bonds is 4. The maximum absolute atomic E-state index is 12.0. The quantitative estimate of drug-likeness (QED) is 0.918. The van der Waals surface area contributed by atoms with Crippen LogP contribution in [-0.4, -0.2) is 40.0 Å². The largest absolute Gasteiger partial charge is 0.333 e. The molecule has 1 saturated carbocycles. The van der Waals surface area contributed by atoms with Gasteiger partial charge in [-0.25, -0.2) is 0 Å². The van der Waals surface area contributed by atoms with Crippen molar-refractivity contribution >= 4 is 28.3 Å². The van der Waals surface area contributed by atoms with Crippen molar-refractivity contribution in [2.75, 3.05) is 18.4 Å². The van der Waals surface area contributed by atoms with E-state index in [1.807, 2.05) is 0 Å². The van der Waals surface area contributed by atoms with E-state index in [-0.39, 0.29) is 18.4 Å². The summed E-state index contributed by atoms with van der Waals surface area (Å²) >= 11 is 1.44. The number of likely N-dealkylation sites (tertiary alicyclic amines) is 1. The van der Waals surface area contributed by atoms with E-state index in [1.165, 1.54) is 24.2 Å². The second kappa shape index (κ2) is 5.87. The van der Waals surface area contributed by atoms with Crippen LogP contribution in [0, 0.1) is 0 Å². The second-order valence-electron chi connectivity index (χ2n) is 5.39. The first-order valence-electron chi connectivity index (χ1n) is 7.13. The van der Waals surface area contributed by atoms with E-state index >= 15 is 0 Å². The fraction of sp³-hybridized carbons (Fsp3) is 0.692. The molecule has 0 bridgehead atoms. The molecule has 1 aliphatic heterocycles. The van der Waals surface area contributed by atoms with Crippen molar-refractivity contribution in [2.24, 2.45) is 0 Å². The van der Waals surface area contributed by atoms with Crippen molar-refractivity contribution in [3.05, 3.63) is 5.01 Å². The summed E-state index contributed by atoms with van der Waals surface area (Å²) < 4.78 is 0. The van der Waals surface area contributed by atoms with E-state index in [2.05, 4.69) is 15.5 Å². The molecule has 20 heavy (non-hydrogen) atoms. The first kappa shape index (κ1) is 13.5. The Morgan fingerprint density at radius 3 is 2.95 bits per heavy atom. The lowest BCUT2D eigenvalue weighted by Crippen LogP contribution is -2.37. The SMILES string of the molecule is O=C(CN1CCCCCC1=O)Nc1nnc(C2CC2)s1. The Hall–Kier alpha value is -1.50. The van der Waals surface area contributed by atoms with Crippen LogP contribution in [0.15, 0.2) is 0 Å². The van der Waals surface area contributed by atoms with Crippen LogP contribution in [0.5, 0.6) is 0 Å². The molecule has 1 saturated heterocycles. The number of hydrogen-bond acceptors (Lipinski definition) is 5. The van der Waals surface area contributed by atoms with Gasteiger partial charge in [-0.2, -0.15) is 0 Å². The number of aromatic nitrogens is 2. The van der Waals surface area contributed by atoms with Crippen LogP contribution in [0.2, 0.25) is 0 Å². The van der Waals surface area contributed by atoms with Gasteiger partial charge in [0, 0.05) is 18.9 Å². The van der Waals surface area contributed by atoms with Crippen molar-refractivity contribution < 1.29 is 9.59 Å². The smallest absolute Gasteiger partial charge is 0.245 e. The minimum Gasteiger partial charge on any atom is -0.333 e. The minimum absolute atomic E-state index is 0.0774. The summed E-state index contributed by atoms with van der Waals surface area (Å²) in [6.45, 7) is 0.798. The van der Waals surface area contributed by atoms with Crippen molar-refractivity contribution in [3.63, 3.8) is 0 Å². The van der Waals surface area contributed by atoms with Gasteiger partial charge in [-0.3, -0.25) is 14.9 Å². The number of anilines is 1. The average Bonchev–Trinajstić information content (AvgIpc) is 3.20. The van der Waals surface area contributed by atoms with Crippen LogP contribution < -0.4 is 5.32 Å². The van der Waals surface area contributed by atoms with Crippen molar-refractivity contribution in [1.82, 2.24) is 15.1 Å². The second-order valence-corrected chi connectivity index (χ2v) is 6.40. The lowest BCUT2D eigenvalue weighted by molar-refractivity contribution is -0.134. The molecule has 2 fully saturated rings. The summed E-state index contributed by atoms with van der Waals surface area (Å²) in [6.07, 6.45) is 5.86. The summed E-state index contributed by atoms with van der Waals surface area (Å²) in [5, 5.41) is 12.4. The molecule has 0 aromatic carbocycles. The first-order valence-corrected chi connectivity index (χ1v) is 7.95. The fourth-order valence-corrected chi connectivity index (χ4v) is 3.25. The van der Waals surface area contributed by atoms with Crippen LogP contribution in [0.1, 0.15) is 49.5 Å². The molecule has 1 aromatic rings. The van der Waals surface area contributed by atoms with Gasteiger partial charge in [0.25, 0.3) is 0 Å². The zero-order valence-electron chi connectivity index (χ0n) is 11.3. The van der Waals surface area contributed by atoms with Crippen LogP contribution in [0.25, 0.3) is 0 Å². The highest BCUT2D eigenvalue weighted by Gasteiger charge is 2.28. The van der Waals surface area contributed by atoms with E-state index in [0.717, 1.165) is 24.3 Å². The summed E-state index contributed by atoms with van der Waals surface area (Å²) in [5.41, 5.74) is 0. The van der Waals surface area contributed by atoms with Crippen LogP contribution in [0.3, 0.4) is 0 Å². The zero-order valence-corrected chi connectivity index (χ0v) is 12.1. The molecule has 1 aliphatic carbocycles. The fourth-order valence-electron chi connectivity index (χ4n) is 2.32. The molecule has 3 rings (SSSR count). The molecule has 108 valence electrons. The van der Waals surface area contributed by atoms with Crippen LogP contribution in [-0.2, 0) is 9.59 Å². The lowest BCUT2D eigenvalue weighted by atomic mass is 10.2. The molecule has 0 radical (unpaired) electrons. The van der Waals surface area contributed by atoms with Gasteiger partial charge in [0.1, 0.15) is 5.01 Å². The monoisotopic (exact) mass is 294 g/mol. The Kier molecular flexibility index (Phi) is 3.95. The summed E-state index contributed by atoms with van der Waals surface area (Å²) in [4.78, 5) is 25.4. The Bertz CT molecular complexity index is 512. The molecule has 6 nitrogen and oxygen atoms in total. The minimum atomic E-state index is -0.182. The third-order valence-corrected chi connectivity index (χ3v) is 4.62. The Balaban J connectivity index is 1.53. The van der Waals surface area contributed by atoms with E-state index < -0.39 is 0 Å². The van der Waals surface area contributed by atoms with Gasteiger partial charge in [-0.1, -0.05) is 17.8 Å². The number of nitrogens with one attached hydrogen (secondary N) is 1. The molecule has 2 aliphatic rings. The highest BCUT2D eigenvalue weighted by molar-refractivity contribution is 7.15. The number of hydrogen-bond donors (Lipinski definition) is 1. The van der Waals surface area contributed by atoms with Crippen molar-refractivity contribution in [2.45, 2.75) is 44.4 Å². The van der Waals surface area contributed by atoms with E-state index in [1.54, 1.807) is 4.90 Å². The maximum Gasteiger partial charge on any atom is 0.245 e. The van der Waals surface area contributed by atoms with Crippen molar-refractivity contribution in [3.8, 4) is 0 Å². The predicted octanol–water partition coefficient (Wildman–Crippen LogP) is 1.76. The van der Waals surface area contributed by atoms with Crippen LogP contribution in [0.4, 0.5) is 5.13 Å². The number of carbonyl (C=O) groups excluding carboxylic acids is 2. The molecule has 2 amide bonds. The van der Waals surface area contributed by atoms with Gasteiger partial charge in [0.05, 0.1) is 6.54 Å². The Morgan fingerprint density at radius 1 is 1.30 bits per heavy atom. The first-order chi connectivity index (χ1) is 9.72. The third kappa shape index (κ3) is 3.33. The molecule has 0 spiro atoms. The molecule has 0 atom stereocenters. The Morgan fingerprint density at radius 2 is 2.15 bits per heavy atom. The van der Waals surface area contributed by atoms with Gasteiger partial charge in [0.15, 0.2) is 0 Å². The summed E-state index contributed by atoms with van der Waals surface area (Å²) in [5.74, 6) is 0.442. The van der Waals surface area contributed by atoms with Crippen LogP contribution >= 0.6 is 11.3 Å². The number of amides is 2. The topological polar surface area (TPSA) is 75.2 Å². The molecule has 0 unspecified atom stereocenters. The number of nitrogens with zero attached hydrogens (tertiary/aromatic N) is 3. The summed E-state index contributed by atoms with van der Waals surface area (Å²) in [6, 6.07) is 0. The molecule has 1 aromatic heterocycles. The third-order valence-electron chi connectivity index (χ3n) is 3.62. The van der Waals surface area contributed by atoms with Gasteiger partial charge in [-0.15, -0.1) is 10.2 Å². The van der Waals surface area contributed by atoms with Crippen molar-refractivity contribution in [1.29, 1.82) is 0 Å². The molecule has 2 heterocycles. The molecular formula is C13H18N4O2S. The van der Waals surface area contributed by atoms with E-state index in [9.17, 15) is 9.59 Å². The van der Waals surface area contributed by atoms with Gasteiger partial charge >= 0.3 is 0 Å². The molecular weight excluding hydrogens is 276 g/mol. The summed E-state index contributed by atoms with van der Waals surface area (Å²) in [7, 11) is 0. The van der Waals surface area contributed by atoms with Gasteiger partial charge in [-0.05, 0) is 25.7 Å². The number of carbonyl (C=O) groups is 2. The Labute approximate surface area is 121 Å². The molecule has 1 N–H and O–H groups in total.